The van der Waals surface area contributed by atoms with E-state index in [4.69, 9.17) is 15.2 Å². The number of non-ortho nitro benzene ring substituents is 1. The molecule has 1 aliphatic carbocycles. The Morgan fingerprint density at radius 3 is 2.52 bits per heavy atom. The van der Waals surface area contributed by atoms with E-state index in [0.29, 0.717) is 5.56 Å². The minimum Gasteiger partial charge on any atom is -0.386 e. The van der Waals surface area contributed by atoms with Gasteiger partial charge in [-0.1, -0.05) is 12.1 Å². The van der Waals surface area contributed by atoms with Gasteiger partial charge in [-0.15, -0.1) is 0 Å². The van der Waals surface area contributed by atoms with Crippen molar-refractivity contribution in [3.63, 3.8) is 0 Å². The molecule has 1 saturated carbocycles. The van der Waals surface area contributed by atoms with Crippen molar-refractivity contribution in [2.75, 3.05) is 6.61 Å². The lowest BCUT2D eigenvalue weighted by molar-refractivity contribution is -0.384. The van der Waals surface area contributed by atoms with E-state index in [1.54, 1.807) is 6.92 Å². The lowest BCUT2D eigenvalue weighted by Gasteiger charge is -2.26. The molecular formula is C16H13N5O4. The number of hydrogen-bond acceptors (Lipinski definition) is 8. The fraction of sp³-hybridized carbons (Fsp3) is 0.438. The van der Waals surface area contributed by atoms with Gasteiger partial charge in [0.05, 0.1) is 29.8 Å². The molecule has 126 valence electrons. The minimum atomic E-state index is -1.62. The maximum Gasteiger partial charge on any atom is 0.293 e. The first-order valence-electron chi connectivity index (χ1n) is 7.63. The number of aliphatic imine (C=N–C) groups is 1. The summed E-state index contributed by atoms with van der Waals surface area (Å²) in [5.41, 5.74) is 3.75. The fourth-order valence-electron chi connectivity index (χ4n) is 4.15. The monoisotopic (exact) mass is 339 g/mol. The van der Waals surface area contributed by atoms with Crippen LogP contribution in [0.3, 0.4) is 0 Å². The highest BCUT2D eigenvalue weighted by atomic mass is 16.8. The van der Waals surface area contributed by atoms with Crippen LogP contribution in [0, 0.1) is 43.6 Å². The number of nitrogens with zero attached hydrogens (tertiary/aromatic N) is 4. The number of benzene rings is 1. The van der Waals surface area contributed by atoms with Gasteiger partial charge in [0.15, 0.2) is 5.41 Å². The zero-order chi connectivity index (χ0) is 18.0. The summed E-state index contributed by atoms with van der Waals surface area (Å²) in [5, 5.41) is 30.7. The molecule has 0 amide bonds. The second-order valence-corrected chi connectivity index (χ2v) is 6.44. The average Bonchev–Trinajstić information content (AvgIpc) is 2.99. The Kier molecular flexibility index (Phi) is 2.82. The zero-order valence-corrected chi connectivity index (χ0v) is 13.2. The third-order valence-electron chi connectivity index (χ3n) is 5.24. The molecule has 3 aliphatic rings. The highest BCUT2D eigenvalue weighted by molar-refractivity contribution is 6.00. The molecule has 0 radical (unpaired) electrons. The molecule has 2 aliphatic heterocycles. The van der Waals surface area contributed by atoms with Crippen LogP contribution in [0.25, 0.3) is 0 Å². The first-order chi connectivity index (χ1) is 11.9. The number of nitro groups is 1. The predicted octanol–water partition coefficient (Wildman–Crippen LogP) is 1.17. The van der Waals surface area contributed by atoms with E-state index >= 15 is 0 Å². The van der Waals surface area contributed by atoms with Crippen molar-refractivity contribution >= 4 is 11.5 Å². The van der Waals surface area contributed by atoms with Gasteiger partial charge in [-0.05, 0) is 12.5 Å². The summed E-state index contributed by atoms with van der Waals surface area (Å²) in [5.74, 6) is -2.26. The van der Waals surface area contributed by atoms with Crippen molar-refractivity contribution in [1.29, 1.82) is 10.5 Å². The summed E-state index contributed by atoms with van der Waals surface area (Å²) in [7, 11) is 0. The Hall–Kier alpha value is -3.01. The minimum absolute atomic E-state index is 0.00555. The van der Waals surface area contributed by atoms with Gasteiger partial charge >= 0.3 is 0 Å². The van der Waals surface area contributed by atoms with Crippen molar-refractivity contribution in [3.8, 4) is 12.1 Å². The molecule has 2 heterocycles. The average molecular weight is 339 g/mol. The topological polar surface area (TPSA) is 148 Å². The van der Waals surface area contributed by atoms with Gasteiger partial charge in [0.25, 0.3) is 11.6 Å². The van der Waals surface area contributed by atoms with Gasteiger partial charge in [-0.25, -0.2) is 4.99 Å². The molecule has 0 unspecified atom stereocenters. The Labute approximate surface area is 142 Å². The summed E-state index contributed by atoms with van der Waals surface area (Å²) in [6, 6.07) is 10.0. The van der Waals surface area contributed by atoms with E-state index in [-0.39, 0.29) is 24.2 Å². The van der Waals surface area contributed by atoms with Crippen molar-refractivity contribution < 1.29 is 14.4 Å². The molecule has 9 heteroatoms. The first-order valence-corrected chi connectivity index (χ1v) is 7.63. The number of hydrogen-bond donors (Lipinski definition) is 1. The number of nitro benzene ring substituents is 1. The summed E-state index contributed by atoms with van der Waals surface area (Å²) in [6.07, 6.45) is -0.297. The van der Waals surface area contributed by atoms with Crippen molar-refractivity contribution in [3.05, 3.63) is 39.9 Å². The van der Waals surface area contributed by atoms with E-state index < -0.39 is 27.6 Å². The summed E-state index contributed by atoms with van der Waals surface area (Å²) < 4.78 is 11.5. The smallest absolute Gasteiger partial charge is 0.293 e. The number of nitriles is 2. The fourth-order valence-corrected chi connectivity index (χ4v) is 4.15. The summed E-state index contributed by atoms with van der Waals surface area (Å²) >= 11 is 0. The van der Waals surface area contributed by atoms with Crippen LogP contribution in [0.15, 0.2) is 29.3 Å². The van der Waals surface area contributed by atoms with E-state index in [2.05, 4.69) is 17.1 Å². The normalized spacial score (nSPS) is 40.8. The van der Waals surface area contributed by atoms with Crippen LogP contribution in [0.1, 0.15) is 18.4 Å². The molecule has 25 heavy (non-hydrogen) atoms. The van der Waals surface area contributed by atoms with Crippen LogP contribution in [-0.2, 0) is 9.47 Å². The van der Waals surface area contributed by atoms with E-state index in [0.717, 1.165) is 0 Å². The first kappa shape index (κ1) is 15.5. The quantitative estimate of drug-likeness (QED) is 0.628. The lowest BCUT2D eigenvalue weighted by atomic mass is 9.94. The van der Waals surface area contributed by atoms with Crippen molar-refractivity contribution in [2.24, 2.45) is 21.6 Å². The standard InChI is InChI=1S/C16H13N5O4/c1-9-6-24-16(25-9)15(8-18)12(14(15,7-17)13(19)20-16)10-2-4-11(5-3-10)21(22)23/h2-5,9,12H,6H2,1H3,(H2,19,20)/t9-,12+,14+,15+,16-/m0/s1. The van der Waals surface area contributed by atoms with Crippen LogP contribution in [0.5, 0.6) is 0 Å². The maximum absolute atomic E-state index is 10.8. The van der Waals surface area contributed by atoms with Crippen LogP contribution < -0.4 is 5.73 Å². The number of nitrogens with two attached hydrogens (primary N) is 1. The van der Waals surface area contributed by atoms with E-state index in [1.807, 2.05) is 0 Å². The van der Waals surface area contributed by atoms with E-state index in [1.165, 1.54) is 24.3 Å². The molecule has 2 N–H and O–H groups in total. The molecular weight excluding hydrogens is 326 g/mol. The van der Waals surface area contributed by atoms with Gasteiger partial charge < -0.3 is 15.2 Å². The maximum atomic E-state index is 10.8. The second-order valence-electron chi connectivity index (χ2n) is 6.44. The van der Waals surface area contributed by atoms with Crippen LogP contribution in [0.4, 0.5) is 5.69 Å². The van der Waals surface area contributed by atoms with Crippen LogP contribution >= 0.6 is 0 Å². The van der Waals surface area contributed by atoms with Gasteiger partial charge in [-0.2, -0.15) is 10.5 Å². The number of fused-ring (bicyclic) bond motifs is 2. The van der Waals surface area contributed by atoms with Crippen LogP contribution in [-0.4, -0.2) is 29.4 Å². The summed E-state index contributed by atoms with van der Waals surface area (Å²) in [4.78, 5) is 14.5. The molecule has 1 aromatic rings. The van der Waals surface area contributed by atoms with Crippen LogP contribution in [0.2, 0.25) is 0 Å². The largest absolute Gasteiger partial charge is 0.386 e. The molecule has 0 aromatic heterocycles. The molecule has 9 nitrogen and oxygen atoms in total. The third-order valence-corrected chi connectivity index (χ3v) is 5.24. The summed E-state index contributed by atoms with van der Waals surface area (Å²) in [6.45, 7) is 2.01. The number of ether oxygens (including phenoxy) is 2. The third kappa shape index (κ3) is 1.50. The SMILES string of the molecule is C[C@H]1CO[C@]2(N=C(N)[C@@]3(C#N)[C@@H](c4ccc([N+](=O)[O-])cc4)[C@@]23C#N)O1. The molecule has 0 bridgehead atoms. The molecule has 1 saturated heterocycles. The Morgan fingerprint density at radius 1 is 1.36 bits per heavy atom. The van der Waals surface area contributed by atoms with Crippen molar-refractivity contribution in [1.82, 2.24) is 0 Å². The number of amidine groups is 1. The Balaban J connectivity index is 1.85. The molecule has 1 spiro atoms. The lowest BCUT2D eigenvalue weighted by Crippen LogP contribution is -2.39. The Bertz CT molecular complexity index is 901. The van der Waals surface area contributed by atoms with Gasteiger partial charge in [0.1, 0.15) is 11.3 Å². The molecule has 5 atom stereocenters. The highest BCUT2D eigenvalue weighted by Gasteiger charge is 2.94. The molecule has 2 fully saturated rings. The van der Waals surface area contributed by atoms with Gasteiger partial charge in [0.2, 0.25) is 0 Å². The molecule has 1 aromatic carbocycles. The molecule has 4 rings (SSSR count). The predicted molar refractivity (Wildman–Crippen MR) is 82.8 cm³/mol. The number of rotatable bonds is 2. The Morgan fingerprint density at radius 2 is 2.04 bits per heavy atom. The van der Waals surface area contributed by atoms with E-state index in [9.17, 15) is 20.6 Å². The van der Waals surface area contributed by atoms with Gasteiger partial charge in [-0.3, -0.25) is 10.1 Å². The zero-order valence-electron chi connectivity index (χ0n) is 13.2. The highest BCUT2D eigenvalue weighted by Crippen LogP contribution is 2.82. The van der Waals surface area contributed by atoms with Gasteiger partial charge in [0, 0.05) is 18.1 Å². The van der Waals surface area contributed by atoms with Crippen molar-refractivity contribution in [2.45, 2.75) is 24.9 Å². The second kappa shape index (κ2) is 4.54.